The third-order valence-electron chi connectivity index (χ3n) is 4.56. The first kappa shape index (κ1) is 15.3. The molecule has 2 atom stereocenters. The maximum Gasteiger partial charge on any atom is 0.179 e. The lowest BCUT2D eigenvalue weighted by molar-refractivity contribution is 0.0322. The highest BCUT2D eigenvalue weighted by molar-refractivity contribution is 5.60. The van der Waals surface area contributed by atoms with Crippen LogP contribution in [0, 0.1) is 22.8 Å². The molecular formula is C17H15N7O. The molecule has 2 saturated heterocycles. The molecule has 0 unspecified atom stereocenters. The predicted octanol–water partition coefficient (Wildman–Crippen LogP) is 0.781. The van der Waals surface area contributed by atoms with E-state index in [1.54, 1.807) is 23.2 Å². The second kappa shape index (κ2) is 6.34. The summed E-state index contributed by atoms with van der Waals surface area (Å²) in [6.07, 6.45) is 3.80. The monoisotopic (exact) mass is 333 g/mol. The lowest BCUT2D eigenvalue weighted by atomic mass is 10.1. The summed E-state index contributed by atoms with van der Waals surface area (Å²) in [7, 11) is 0. The van der Waals surface area contributed by atoms with Crippen molar-refractivity contribution in [3.8, 4) is 23.5 Å². The number of likely N-dealkylation sites (tertiary alicyclic amines) is 1. The van der Waals surface area contributed by atoms with Gasteiger partial charge in [0, 0.05) is 18.3 Å². The number of nitriles is 2. The van der Waals surface area contributed by atoms with E-state index < -0.39 is 0 Å². The molecule has 0 aromatic carbocycles. The van der Waals surface area contributed by atoms with Gasteiger partial charge in [-0.15, -0.1) is 10.2 Å². The summed E-state index contributed by atoms with van der Waals surface area (Å²) >= 11 is 0. The number of aromatic nitrogens is 3. The van der Waals surface area contributed by atoms with Crippen molar-refractivity contribution in [2.45, 2.75) is 12.1 Å². The second-order valence-electron chi connectivity index (χ2n) is 5.99. The van der Waals surface area contributed by atoms with Crippen LogP contribution in [0.3, 0.4) is 0 Å². The minimum absolute atomic E-state index is 0.0215. The van der Waals surface area contributed by atoms with Crippen molar-refractivity contribution in [2.75, 3.05) is 31.1 Å². The molecule has 2 aromatic rings. The van der Waals surface area contributed by atoms with Gasteiger partial charge in [-0.2, -0.15) is 10.5 Å². The SMILES string of the molecule is N#Cc1cc(-c2ccc(N3CCO[C@@H]4CN(C#N)C[C@@H]43)nn2)ccn1. The number of pyridine rings is 1. The summed E-state index contributed by atoms with van der Waals surface area (Å²) in [6.45, 7) is 2.60. The molecule has 2 aliphatic rings. The van der Waals surface area contributed by atoms with Gasteiger partial charge >= 0.3 is 0 Å². The van der Waals surface area contributed by atoms with Crippen molar-refractivity contribution in [3.63, 3.8) is 0 Å². The zero-order chi connectivity index (χ0) is 17.2. The Morgan fingerprint density at radius 2 is 2.08 bits per heavy atom. The normalized spacial score (nSPS) is 22.2. The number of ether oxygens (including phenoxy) is 1. The standard InChI is InChI=1S/C17H15N7O/c18-8-13-7-12(3-4-20-13)14-1-2-17(22-21-14)24-5-6-25-16-10-23(11-19)9-15(16)24/h1-4,7,15-16H,5-6,9-10H2/t15-,16+/m0/s1. The van der Waals surface area contributed by atoms with Crippen molar-refractivity contribution >= 4 is 5.82 Å². The maximum absolute atomic E-state index is 9.12. The second-order valence-corrected chi connectivity index (χ2v) is 5.99. The molecule has 2 fully saturated rings. The minimum Gasteiger partial charge on any atom is -0.372 e. The Hall–Kier alpha value is -3.23. The van der Waals surface area contributed by atoms with Gasteiger partial charge in [0.25, 0.3) is 0 Å². The summed E-state index contributed by atoms with van der Waals surface area (Å²) in [4.78, 5) is 7.84. The molecule has 4 heterocycles. The number of fused-ring (bicyclic) bond motifs is 1. The Morgan fingerprint density at radius 1 is 1.16 bits per heavy atom. The van der Waals surface area contributed by atoms with Gasteiger partial charge < -0.3 is 14.5 Å². The van der Waals surface area contributed by atoms with E-state index in [-0.39, 0.29) is 12.1 Å². The molecule has 25 heavy (non-hydrogen) atoms. The zero-order valence-electron chi connectivity index (χ0n) is 13.4. The van der Waals surface area contributed by atoms with Gasteiger partial charge in [-0.05, 0) is 24.3 Å². The van der Waals surface area contributed by atoms with Gasteiger partial charge in [0.05, 0.1) is 37.5 Å². The Balaban J connectivity index is 1.58. The Morgan fingerprint density at radius 3 is 2.84 bits per heavy atom. The molecule has 0 amide bonds. The molecule has 2 aliphatic heterocycles. The lowest BCUT2D eigenvalue weighted by Crippen LogP contribution is -2.51. The quantitative estimate of drug-likeness (QED) is 0.743. The number of nitrogens with zero attached hydrogens (tertiary/aromatic N) is 7. The third kappa shape index (κ3) is 2.84. The number of rotatable bonds is 2. The van der Waals surface area contributed by atoms with Crippen molar-refractivity contribution in [3.05, 3.63) is 36.2 Å². The summed E-state index contributed by atoms with van der Waals surface area (Å²) in [5.74, 6) is 0.774. The van der Waals surface area contributed by atoms with Crippen molar-refractivity contribution < 1.29 is 4.74 Å². The molecule has 0 N–H and O–H groups in total. The molecule has 124 valence electrons. The Labute approximate surface area is 144 Å². The summed E-state index contributed by atoms with van der Waals surface area (Å²) in [6, 6.07) is 9.44. The van der Waals surface area contributed by atoms with E-state index in [9.17, 15) is 0 Å². The number of morpholine rings is 1. The van der Waals surface area contributed by atoms with E-state index >= 15 is 0 Å². The van der Waals surface area contributed by atoms with Crippen LogP contribution >= 0.6 is 0 Å². The van der Waals surface area contributed by atoms with E-state index in [1.165, 1.54) is 0 Å². The number of anilines is 1. The fourth-order valence-corrected chi connectivity index (χ4v) is 3.34. The van der Waals surface area contributed by atoms with E-state index in [4.69, 9.17) is 15.3 Å². The smallest absolute Gasteiger partial charge is 0.179 e. The van der Waals surface area contributed by atoms with E-state index in [1.807, 2.05) is 18.2 Å². The summed E-state index contributed by atoms with van der Waals surface area (Å²) < 4.78 is 5.78. The highest BCUT2D eigenvalue weighted by Crippen LogP contribution is 2.27. The molecule has 0 spiro atoms. The molecule has 0 saturated carbocycles. The average molecular weight is 333 g/mol. The van der Waals surface area contributed by atoms with Gasteiger partial charge in [0.15, 0.2) is 12.0 Å². The summed E-state index contributed by atoms with van der Waals surface area (Å²) in [5.41, 5.74) is 1.85. The minimum atomic E-state index is 0.0215. The molecule has 2 aromatic heterocycles. The van der Waals surface area contributed by atoms with Gasteiger partial charge in [-0.3, -0.25) is 0 Å². The van der Waals surface area contributed by atoms with Crippen LogP contribution in [0.2, 0.25) is 0 Å². The number of hydrogen-bond donors (Lipinski definition) is 0. The first-order chi connectivity index (χ1) is 12.3. The first-order valence-corrected chi connectivity index (χ1v) is 8.01. The molecule has 0 aliphatic carbocycles. The van der Waals surface area contributed by atoms with Gasteiger partial charge in [0.1, 0.15) is 11.8 Å². The van der Waals surface area contributed by atoms with Crippen LogP contribution < -0.4 is 4.90 Å². The lowest BCUT2D eigenvalue weighted by Gasteiger charge is -2.37. The molecular weight excluding hydrogens is 318 g/mol. The maximum atomic E-state index is 9.12. The van der Waals surface area contributed by atoms with E-state index in [0.717, 1.165) is 17.9 Å². The fraction of sp³-hybridized carbons (Fsp3) is 0.353. The van der Waals surface area contributed by atoms with E-state index in [0.29, 0.717) is 31.1 Å². The van der Waals surface area contributed by atoms with E-state index in [2.05, 4.69) is 26.3 Å². The molecule has 4 rings (SSSR count). The highest BCUT2D eigenvalue weighted by atomic mass is 16.5. The van der Waals surface area contributed by atoms with Crippen molar-refractivity contribution in [1.29, 1.82) is 10.5 Å². The average Bonchev–Trinajstić information content (AvgIpc) is 3.11. The van der Waals surface area contributed by atoms with Crippen molar-refractivity contribution in [1.82, 2.24) is 20.1 Å². The molecule has 0 radical (unpaired) electrons. The van der Waals surface area contributed by atoms with Crippen LogP contribution in [-0.4, -0.2) is 58.5 Å². The third-order valence-corrected chi connectivity index (χ3v) is 4.56. The zero-order valence-corrected chi connectivity index (χ0v) is 13.4. The Bertz CT molecular complexity index is 855. The van der Waals surface area contributed by atoms with Crippen LogP contribution in [0.1, 0.15) is 5.69 Å². The van der Waals surface area contributed by atoms with Gasteiger partial charge in [0.2, 0.25) is 0 Å². The largest absolute Gasteiger partial charge is 0.372 e. The Kier molecular flexibility index (Phi) is 3.88. The van der Waals surface area contributed by atoms with Gasteiger partial charge in [-0.25, -0.2) is 4.98 Å². The number of hydrogen-bond acceptors (Lipinski definition) is 8. The van der Waals surface area contributed by atoms with Crippen LogP contribution in [0.25, 0.3) is 11.3 Å². The van der Waals surface area contributed by atoms with Gasteiger partial charge in [-0.1, -0.05) is 0 Å². The van der Waals surface area contributed by atoms with Crippen LogP contribution in [0.5, 0.6) is 0 Å². The fourth-order valence-electron chi connectivity index (χ4n) is 3.34. The summed E-state index contributed by atoms with van der Waals surface area (Å²) in [5, 5.41) is 26.7. The topological polar surface area (TPSA) is 102 Å². The van der Waals surface area contributed by atoms with Crippen LogP contribution in [0.15, 0.2) is 30.5 Å². The predicted molar refractivity (Wildman–Crippen MR) is 88.0 cm³/mol. The highest BCUT2D eigenvalue weighted by Gasteiger charge is 2.40. The molecule has 8 heteroatoms. The van der Waals surface area contributed by atoms with Crippen LogP contribution in [0.4, 0.5) is 5.82 Å². The molecule has 8 nitrogen and oxygen atoms in total. The van der Waals surface area contributed by atoms with Crippen LogP contribution in [-0.2, 0) is 4.74 Å². The first-order valence-electron chi connectivity index (χ1n) is 8.01. The van der Waals surface area contributed by atoms with Crippen molar-refractivity contribution in [2.24, 2.45) is 0 Å². The molecule has 0 bridgehead atoms.